The molecule has 4 aromatic rings. The molecule has 5 rings (SSSR count). The average molecular weight is 360 g/mol. The largest absolute Gasteiger partial charge is 0.363 e. The number of aromatic nitrogens is 6. The van der Waals surface area contributed by atoms with E-state index in [-0.39, 0.29) is 0 Å². The summed E-state index contributed by atoms with van der Waals surface area (Å²) < 4.78 is 2.10. The first kappa shape index (κ1) is 16.0. The minimum absolute atomic E-state index is 0.641. The molecule has 8 nitrogen and oxygen atoms in total. The quantitative estimate of drug-likeness (QED) is 0.567. The van der Waals surface area contributed by atoms with Crippen molar-refractivity contribution in [2.24, 2.45) is 0 Å². The number of hydrogen-bond donors (Lipinski definition) is 2. The zero-order valence-corrected chi connectivity index (χ0v) is 14.8. The van der Waals surface area contributed by atoms with Crippen LogP contribution in [0.5, 0.6) is 0 Å². The number of benzene rings is 1. The number of para-hydroxylation sites is 2. The molecule has 136 valence electrons. The van der Waals surface area contributed by atoms with E-state index < -0.39 is 0 Å². The molecule has 0 fully saturated rings. The predicted octanol–water partition coefficient (Wildman–Crippen LogP) is 2.18. The summed E-state index contributed by atoms with van der Waals surface area (Å²) in [7, 11) is 0. The smallest absolute Gasteiger partial charge is 0.144 e. The highest BCUT2D eigenvalue weighted by Crippen LogP contribution is 2.17. The second-order valence-corrected chi connectivity index (χ2v) is 6.71. The minimum atomic E-state index is 0.641. The Labute approximate surface area is 156 Å². The van der Waals surface area contributed by atoms with Crippen molar-refractivity contribution in [1.29, 1.82) is 0 Å². The van der Waals surface area contributed by atoms with Crippen LogP contribution in [0.3, 0.4) is 0 Å². The van der Waals surface area contributed by atoms with E-state index in [1.54, 1.807) is 18.6 Å². The van der Waals surface area contributed by atoms with Crippen LogP contribution in [-0.4, -0.2) is 41.2 Å². The summed E-state index contributed by atoms with van der Waals surface area (Å²) in [5, 5.41) is 7.96. The van der Waals surface area contributed by atoms with Gasteiger partial charge in [-0.05, 0) is 18.2 Å². The highest BCUT2D eigenvalue weighted by molar-refractivity contribution is 5.74. The van der Waals surface area contributed by atoms with E-state index in [2.05, 4.69) is 47.0 Å². The first-order chi connectivity index (χ1) is 13.3. The van der Waals surface area contributed by atoms with Crippen LogP contribution in [0.1, 0.15) is 17.2 Å². The van der Waals surface area contributed by atoms with Crippen LogP contribution in [0.4, 0.5) is 5.82 Å². The van der Waals surface area contributed by atoms with Gasteiger partial charge in [0.2, 0.25) is 0 Å². The van der Waals surface area contributed by atoms with Gasteiger partial charge in [-0.3, -0.25) is 14.6 Å². The van der Waals surface area contributed by atoms with Gasteiger partial charge in [-0.2, -0.15) is 5.10 Å². The number of fused-ring (bicyclic) bond motifs is 2. The van der Waals surface area contributed by atoms with Gasteiger partial charge in [0.15, 0.2) is 0 Å². The average Bonchev–Trinajstić information content (AvgIpc) is 3.29. The van der Waals surface area contributed by atoms with Crippen molar-refractivity contribution in [3.8, 4) is 0 Å². The van der Waals surface area contributed by atoms with Crippen LogP contribution < -0.4 is 5.32 Å². The van der Waals surface area contributed by atoms with E-state index in [4.69, 9.17) is 5.10 Å². The maximum absolute atomic E-state index is 4.70. The molecule has 1 aliphatic rings. The normalized spacial score (nSPS) is 14.4. The monoisotopic (exact) mass is 360 g/mol. The highest BCUT2D eigenvalue weighted by atomic mass is 15.3. The summed E-state index contributed by atoms with van der Waals surface area (Å²) in [5.41, 5.74) is 4.35. The molecule has 1 aliphatic heterocycles. The minimum Gasteiger partial charge on any atom is -0.363 e. The Morgan fingerprint density at radius 3 is 3.00 bits per heavy atom. The lowest BCUT2D eigenvalue weighted by atomic mass is 10.2. The van der Waals surface area contributed by atoms with Crippen molar-refractivity contribution in [1.82, 2.24) is 34.6 Å². The molecular formula is C19H20N8. The fourth-order valence-corrected chi connectivity index (χ4v) is 3.47. The number of rotatable bonds is 5. The molecule has 0 radical (unpaired) electrons. The molecule has 0 saturated carbocycles. The van der Waals surface area contributed by atoms with Crippen LogP contribution in [-0.2, 0) is 26.2 Å². The third-order valence-electron chi connectivity index (χ3n) is 4.75. The number of imidazole rings is 1. The van der Waals surface area contributed by atoms with Gasteiger partial charge in [0, 0.05) is 25.5 Å². The van der Waals surface area contributed by atoms with Crippen LogP contribution in [0.25, 0.3) is 11.0 Å². The fraction of sp³-hybridized carbons (Fsp3) is 0.263. The Kier molecular flexibility index (Phi) is 4.02. The molecule has 0 atom stereocenters. The number of aromatic amines is 1. The van der Waals surface area contributed by atoms with Crippen LogP contribution in [0, 0.1) is 0 Å². The first-order valence-corrected chi connectivity index (χ1v) is 9.05. The second kappa shape index (κ2) is 6.81. The summed E-state index contributed by atoms with van der Waals surface area (Å²) in [5.74, 6) is 1.77. The summed E-state index contributed by atoms with van der Waals surface area (Å²) in [4.78, 5) is 18.8. The number of anilines is 1. The van der Waals surface area contributed by atoms with Gasteiger partial charge in [0.25, 0.3) is 0 Å². The first-order valence-electron chi connectivity index (χ1n) is 9.05. The summed E-state index contributed by atoms with van der Waals surface area (Å²) in [6, 6.07) is 10.3. The topological polar surface area (TPSA) is 87.5 Å². The van der Waals surface area contributed by atoms with E-state index in [0.717, 1.165) is 54.5 Å². The molecular weight excluding hydrogens is 340 g/mol. The SMILES string of the molecule is c1ccc2[nH]c(CN3CCn4nc(CNc5cnccn5)cc4C3)nc2c1. The molecule has 0 unspecified atom stereocenters. The number of nitrogens with zero attached hydrogens (tertiary/aromatic N) is 6. The Hall–Kier alpha value is -3.26. The van der Waals surface area contributed by atoms with Gasteiger partial charge in [-0.25, -0.2) is 9.97 Å². The van der Waals surface area contributed by atoms with Gasteiger partial charge < -0.3 is 10.3 Å². The van der Waals surface area contributed by atoms with Crippen molar-refractivity contribution in [3.05, 3.63) is 66.1 Å². The molecule has 0 spiro atoms. The number of nitrogens with one attached hydrogen (secondary N) is 2. The molecule has 0 aliphatic carbocycles. The Bertz CT molecular complexity index is 1020. The molecule has 3 aromatic heterocycles. The summed E-state index contributed by atoms with van der Waals surface area (Å²) >= 11 is 0. The van der Waals surface area contributed by atoms with E-state index in [9.17, 15) is 0 Å². The third-order valence-corrected chi connectivity index (χ3v) is 4.75. The second-order valence-electron chi connectivity index (χ2n) is 6.71. The Morgan fingerprint density at radius 2 is 2.11 bits per heavy atom. The lowest BCUT2D eigenvalue weighted by Crippen LogP contribution is -2.33. The summed E-state index contributed by atoms with van der Waals surface area (Å²) in [6.45, 7) is 4.17. The third kappa shape index (κ3) is 3.39. The van der Waals surface area contributed by atoms with Crippen molar-refractivity contribution in [2.45, 2.75) is 26.2 Å². The number of hydrogen-bond acceptors (Lipinski definition) is 6. The molecule has 27 heavy (non-hydrogen) atoms. The standard InChI is InChI=1S/C19H20N8/c1-2-4-17-16(3-1)23-19(24-17)13-26-7-8-27-15(12-26)9-14(25-27)10-22-18-11-20-5-6-21-18/h1-6,9,11H,7-8,10,12-13H2,(H,21,22)(H,23,24). The zero-order chi connectivity index (χ0) is 18.1. The number of H-pyrrole nitrogens is 1. The van der Waals surface area contributed by atoms with Gasteiger partial charge in [0.05, 0.1) is 48.3 Å². The van der Waals surface area contributed by atoms with Crippen molar-refractivity contribution >= 4 is 16.9 Å². The Morgan fingerprint density at radius 1 is 1.15 bits per heavy atom. The molecule has 0 amide bonds. The van der Waals surface area contributed by atoms with Gasteiger partial charge in [-0.15, -0.1) is 0 Å². The molecule has 8 heteroatoms. The highest BCUT2D eigenvalue weighted by Gasteiger charge is 2.19. The fourth-order valence-electron chi connectivity index (χ4n) is 3.47. The van der Waals surface area contributed by atoms with E-state index >= 15 is 0 Å². The van der Waals surface area contributed by atoms with Crippen molar-refractivity contribution in [3.63, 3.8) is 0 Å². The van der Waals surface area contributed by atoms with Crippen molar-refractivity contribution in [2.75, 3.05) is 11.9 Å². The van der Waals surface area contributed by atoms with Crippen LogP contribution in [0.15, 0.2) is 48.9 Å². The van der Waals surface area contributed by atoms with Crippen LogP contribution in [0.2, 0.25) is 0 Å². The maximum Gasteiger partial charge on any atom is 0.144 e. The molecule has 0 saturated heterocycles. The van der Waals surface area contributed by atoms with Crippen LogP contribution >= 0.6 is 0 Å². The molecule has 1 aromatic carbocycles. The lowest BCUT2D eigenvalue weighted by molar-refractivity contribution is 0.201. The lowest BCUT2D eigenvalue weighted by Gasteiger charge is -2.26. The summed E-state index contributed by atoms with van der Waals surface area (Å²) in [6.07, 6.45) is 5.05. The van der Waals surface area contributed by atoms with E-state index in [1.165, 1.54) is 5.69 Å². The van der Waals surface area contributed by atoms with Gasteiger partial charge >= 0.3 is 0 Å². The molecule has 2 N–H and O–H groups in total. The van der Waals surface area contributed by atoms with E-state index in [1.807, 2.05) is 18.2 Å². The molecule has 0 bridgehead atoms. The molecule has 4 heterocycles. The van der Waals surface area contributed by atoms with Crippen molar-refractivity contribution < 1.29 is 0 Å². The zero-order valence-electron chi connectivity index (χ0n) is 14.8. The van der Waals surface area contributed by atoms with Gasteiger partial charge in [-0.1, -0.05) is 12.1 Å². The van der Waals surface area contributed by atoms with Gasteiger partial charge in [0.1, 0.15) is 11.6 Å². The van der Waals surface area contributed by atoms with E-state index in [0.29, 0.717) is 6.54 Å². The Balaban J connectivity index is 1.25. The predicted molar refractivity (Wildman–Crippen MR) is 102 cm³/mol. The maximum atomic E-state index is 4.70.